The van der Waals surface area contributed by atoms with Crippen LogP contribution in [0.25, 0.3) is 0 Å². The highest BCUT2D eigenvalue weighted by atomic mass is 16.6. The minimum absolute atomic E-state index is 0.215. The van der Waals surface area contributed by atoms with Crippen LogP contribution in [0.15, 0.2) is 42.7 Å². The van der Waals surface area contributed by atoms with Gasteiger partial charge in [-0.1, -0.05) is 29.8 Å². The van der Waals surface area contributed by atoms with Crippen molar-refractivity contribution in [2.24, 2.45) is 0 Å². The van der Waals surface area contributed by atoms with E-state index in [1.165, 1.54) is 0 Å². The van der Waals surface area contributed by atoms with Crippen molar-refractivity contribution < 1.29 is 9.72 Å². The highest BCUT2D eigenvalue weighted by Crippen LogP contribution is 2.16. The monoisotopic (exact) mass is 326 g/mol. The Labute approximate surface area is 136 Å². The molecular formula is C15H14N6O3. The third kappa shape index (κ3) is 3.29. The van der Waals surface area contributed by atoms with Crippen LogP contribution in [0.5, 0.6) is 0 Å². The van der Waals surface area contributed by atoms with E-state index in [0.29, 0.717) is 12.4 Å². The summed E-state index contributed by atoms with van der Waals surface area (Å²) in [6, 6.07) is 9.63. The highest BCUT2D eigenvalue weighted by Gasteiger charge is 2.23. The van der Waals surface area contributed by atoms with E-state index in [9.17, 15) is 14.9 Å². The number of nitrogens with zero attached hydrogens (tertiary/aromatic N) is 4. The Balaban J connectivity index is 1.71. The second-order valence-corrected chi connectivity index (χ2v) is 5.23. The number of nitrogens with one attached hydrogen (secondary N) is 2. The average Bonchev–Trinajstić information content (AvgIpc) is 3.16. The number of nitro groups is 1. The number of carbonyl (C=O) groups excluding carboxylic acids is 1. The van der Waals surface area contributed by atoms with Gasteiger partial charge in [0.05, 0.1) is 11.5 Å². The molecule has 2 N–H and O–H groups in total. The number of aromatic amines is 1. The van der Waals surface area contributed by atoms with E-state index in [1.807, 2.05) is 31.2 Å². The van der Waals surface area contributed by atoms with E-state index in [4.69, 9.17) is 0 Å². The third-order valence-electron chi connectivity index (χ3n) is 3.35. The first-order valence-corrected chi connectivity index (χ1v) is 7.11. The van der Waals surface area contributed by atoms with Crippen LogP contribution >= 0.6 is 0 Å². The fourth-order valence-electron chi connectivity index (χ4n) is 2.28. The van der Waals surface area contributed by atoms with Gasteiger partial charge in [-0.3, -0.25) is 24.7 Å². The van der Waals surface area contributed by atoms with Gasteiger partial charge in [0.15, 0.2) is 5.82 Å². The van der Waals surface area contributed by atoms with Crippen LogP contribution in [0.3, 0.4) is 0 Å². The van der Waals surface area contributed by atoms with Crippen molar-refractivity contribution >= 4 is 17.4 Å². The zero-order valence-electron chi connectivity index (χ0n) is 12.8. The van der Waals surface area contributed by atoms with Gasteiger partial charge in [-0.05, 0) is 12.5 Å². The summed E-state index contributed by atoms with van der Waals surface area (Å²) in [6.07, 6.45) is 2.71. The minimum atomic E-state index is -0.672. The molecule has 0 aliphatic heterocycles. The van der Waals surface area contributed by atoms with Gasteiger partial charge in [0.25, 0.3) is 5.91 Å². The van der Waals surface area contributed by atoms with Crippen LogP contribution in [0, 0.1) is 17.0 Å². The maximum Gasteiger partial charge on any atom is 0.319 e. The molecule has 0 saturated carbocycles. The highest BCUT2D eigenvalue weighted by molar-refractivity contribution is 6.04. The molecule has 0 bridgehead atoms. The largest absolute Gasteiger partial charge is 0.319 e. The van der Waals surface area contributed by atoms with Crippen molar-refractivity contribution in [1.29, 1.82) is 0 Å². The van der Waals surface area contributed by atoms with Crippen molar-refractivity contribution in [3.05, 3.63) is 69.7 Å². The van der Waals surface area contributed by atoms with Gasteiger partial charge >= 0.3 is 5.69 Å². The third-order valence-corrected chi connectivity index (χ3v) is 3.35. The summed E-state index contributed by atoms with van der Waals surface area (Å²) in [4.78, 5) is 22.2. The van der Waals surface area contributed by atoms with Crippen LogP contribution < -0.4 is 5.32 Å². The molecule has 2 heterocycles. The van der Waals surface area contributed by atoms with Crippen LogP contribution in [-0.4, -0.2) is 30.8 Å². The average molecular weight is 326 g/mol. The first-order chi connectivity index (χ1) is 11.5. The van der Waals surface area contributed by atoms with Crippen molar-refractivity contribution in [3.8, 4) is 0 Å². The SMILES string of the molecule is Cc1cccc(Cn2ccc(NC(=O)c3[nH]ncc3[N+](=O)[O-])n2)c1. The van der Waals surface area contributed by atoms with Gasteiger partial charge in [-0.25, -0.2) is 0 Å². The Morgan fingerprint density at radius 3 is 3.00 bits per heavy atom. The Morgan fingerprint density at radius 2 is 2.25 bits per heavy atom. The van der Waals surface area contributed by atoms with Crippen LogP contribution in [0.2, 0.25) is 0 Å². The maximum atomic E-state index is 12.1. The van der Waals surface area contributed by atoms with E-state index in [0.717, 1.165) is 17.3 Å². The summed E-state index contributed by atoms with van der Waals surface area (Å²) in [7, 11) is 0. The lowest BCUT2D eigenvalue weighted by Gasteiger charge is -2.03. The summed E-state index contributed by atoms with van der Waals surface area (Å²) >= 11 is 0. The number of rotatable bonds is 5. The van der Waals surface area contributed by atoms with Gasteiger partial charge < -0.3 is 5.32 Å². The van der Waals surface area contributed by atoms with Crippen LogP contribution in [-0.2, 0) is 6.54 Å². The fraction of sp³-hybridized carbons (Fsp3) is 0.133. The molecule has 3 rings (SSSR count). The van der Waals surface area contributed by atoms with E-state index >= 15 is 0 Å². The van der Waals surface area contributed by atoms with Crippen LogP contribution in [0.4, 0.5) is 11.5 Å². The number of benzene rings is 1. The molecule has 9 heteroatoms. The number of hydrogen-bond donors (Lipinski definition) is 2. The van der Waals surface area contributed by atoms with Crippen molar-refractivity contribution in [2.45, 2.75) is 13.5 Å². The molecule has 0 atom stereocenters. The first kappa shape index (κ1) is 15.4. The summed E-state index contributed by atoms with van der Waals surface area (Å²) in [5.41, 5.74) is 1.64. The molecule has 122 valence electrons. The Hall–Kier alpha value is -3.49. The molecule has 0 spiro atoms. The molecule has 9 nitrogen and oxygen atoms in total. The van der Waals surface area contributed by atoms with Gasteiger partial charge in [0, 0.05) is 12.3 Å². The molecule has 1 amide bonds. The second kappa shape index (κ2) is 6.32. The Morgan fingerprint density at radius 1 is 1.42 bits per heavy atom. The summed E-state index contributed by atoms with van der Waals surface area (Å²) in [6.45, 7) is 2.57. The molecule has 3 aromatic rings. The lowest BCUT2D eigenvalue weighted by Crippen LogP contribution is -2.15. The topological polar surface area (TPSA) is 119 Å². The number of hydrogen-bond acceptors (Lipinski definition) is 5. The van der Waals surface area contributed by atoms with Gasteiger partial charge in [-0.15, -0.1) is 0 Å². The second-order valence-electron chi connectivity index (χ2n) is 5.23. The molecule has 0 aliphatic rings. The Kier molecular flexibility index (Phi) is 4.06. The van der Waals surface area contributed by atoms with Gasteiger partial charge in [0.1, 0.15) is 6.20 Å². The zero-order chi connectivity index (χ0) is 17.1. The van der Waals surface area contributed by atoms with E-state index in [-0.39, 0.29) is 11.4 Å². The Bertz CT molecular complexity index is 898. The number of H-pyrrole nitrogens is 1. The fourth-order valence-corrected chi connectivity index (χ4v) is 2.28. The quantitative estimate of drug-likeness (QED) is 0.550. The summed E-state index contributed by atoms with van der Waals surface area (Å²) < 4.78 is 1.67. The number of anilines is 1. The molecular weight excluding hydrogens is 312 g/mol. The maximum absolute atomic E-state index is 12.1. The normalized spacial score (nSPS) is 10.5. The van der Waals surface area contributed by atoms with Crippen molar-refractivity contribution in [3.63, 3.8) is 0 Å². The standard InChI is InChI=1S/C15H14N6O3/c1-10-3-2-4-11(7-10)9-20-6-5-13(19-20)17-15(22)14-12(21(23)24)8-16-18-14/h2-8H,9H2,1H3,(H,16,18)(H,17,19,22). The van der Waals surface area contributed by atoms with Crippen molar-refractivity contribution in [2.75, 3.05) is 5.32 Å². The van der Waals surface area contributed by atoms with Crippen LogP contribution in [0.1, 0.15) is 21.6 Å². The molecule has 0 radical (unpaired) electrons. The van der Waals surface area contributed by atoms with Gasteiger partial charge in [-0.2, -0.15) is 10.2 Å². The predicted octanol–water partition coefficient (Wildman–Crippen LogP) is 2.12. The van der Waals surface area contributed by atoms with Gasteiger partial charge in [0.2, 0.25) is 5.69 Å². The smallest absolute Gasteiger partial charge is 0.304 e. The lowest BCUT2D eigenvalue weighted by atomic mass is 10.1. The van der Waals surface area contributed by atoms with E-state index < -0.39 is 10.8 Å². The lowest BCUT2D eigenvalue weighted by molar-refractivity contribution is -0.385. The predicted molar refractivity (Wildman–Crippen MR) is 85.7 cm³/mol. The molecule has 0 saturated heterocycles. The molecule has 2 aromatic heterocycles. The summed E-state index contributed by atoms with van der Waals surface area (Å²) in [5, 5.41) is 23.4. The summed E-state index contributed by atoms with van der Waals surface area (Å²) in [5.74, 6) is -0.364. The van der Waals surface area contributed by atoms with E-state index in [1.54, 1.807) is 16.9 Å². The molecule has 0 aliphatic carbocycles. The van der Waals surface area contributed by atoms with E-state index in [2.05, 4.69) is 20.6 Å². The molecule has 0 unspecified atom stereocenters. The number of amides is 1. The molecule has 0 fully saturated rings. The molecule has 1 aromatic carbocycles. The minimum Gasteiger partial charge on any atom is -0.304 e. The number of aromatic nitrogens is 4. The zero-order valence-corrected chi connectivity index (χ0v) is 12.8. The number of aryl methyl sites for hydroxylation is 1. The molecule has 24 heavy (non-hydrogen) atoms. The number of carbonyl (C=O) groups is 1. The first-order valence-electron chi connectivity index (χ1n) is 7.11. The van der Waals surface area contributed by atoms with Crippen molar-refractivity contribution in [1.82, 2.24) is 20.0 Å².